The summed E-state index contributed by atoms with van der Waals surface area (Å²) in [5, 5.41) is 11.3. The molecule has 2 heterocycles. The molecule has 0 aliphatic carbocycles. The molecule has 0 amide bonds. The number of aliphatic imine (C=N–C) groups is 1. The summed E-state index contributed by atoms with van der Waals surface area (Å²) in [5.74, 6) is 0.810. The molecule has 0 atom stereocenters. The highest BCUT2D eigenvalue weighted by molar-refractivity contribution is 7.09. The fraction of sp³-hybridized carbons (Fsp3) is 0.400. The van der Waals surface area contributed by atoms with Gasteiger partial charge in [0.05, 0.1) is 17.2 Å². The third-order valence-corrected chi connectivity index (χ3v) is 5.56. The average molecular weight is 370 g/mol. The summed E-state index contributed by atoms with van der Waals surface area (Å²) in [6.45, 7) is 5.85. The van der Waals surface area contributed by atoms with Crippen molar-refractivity contribution in [2.24, 2.45) is 4.99 Å². The predicted molar refractivity (Wildman–Crippen MR) is 111 cm³/mol. The Morgan fingerprint density at radius 2 is 2.08 bits per heavy atom. The molecular weight excluding hydrogens is 342 g/mol. The van der Waals surface area contributed by atoms with E-state index in [-0.39, 0.29) is 0 Å². The second-order valence-corrected chi connectivity index (χ2v) is 7.14. The number of nitrogens with zero attached hydrogens (tertiary/aromatic N) is 2. The third-order valence-electron chi connectivity index (χ3n) is 4.52. The van der Waals surface area contributed by atoms with Crippen molar-refractivity contribution in [3.05, 3.63) is 51.6 Å². The first-order valence-electron chi connectivity index (χ1n) is 9.20. The van der Waals surface area contributed by atoms with Crippen molar-refractivity contribution >= 4 is 28.2 Å². The standard InChI is InChI=1S/C20H27N5S/c1-4-14-7-6-8-17-15(11-23-19(14)17)9-10-22-20(21-3)24-12-16-13-26-18(5-2)25-16/h6-8,11,13,23H,4-5,9-10,12H2,1-3H3,(H2,21,22,24). The monoisotopic (exact) mass is 369 g/mol. The van der Waals surface area contributed by atoms with Crippen LogP contribution in [0.1, 0.15) is 35.7 Å². The number of aromatic amines is 1. The molecule has 3 N–H and O–H groups in total. The van der Waals surface area contributed by atoms with E-state index in [9.17, 15) is 0 Å². The minimum Gasteiger partial charge on any atom is -0.361 e. The minimum atomic E-state index is 0.698. The van der Waals surface area contributed by atoms with Crippen LogP contribution in [0.15, 0.2) is 34.8 Å². The van der Waals surface area contributed by atoms with Gasteiger partial charge in [-0.25, -0.2) is 4.98 Å². The molecule has 0 radical (unpaired) electrons. The Hall–Kier alpha value is -2.34. The van der Waals surface area contributed by atoms with E-state index in [2.05, 4.69) is 69.2 Å². The fourth-order valence-corrected chi connectivity index (χ4v) is 3.82. The highest BCUT2D eigenvalue weighted by Crippen LogP contribution is 2.22. The maximum atomic E-state index is 4.58. The molecule has 0 unspecified atom stereocenters. The lowest BCUT2D eigenvalue weighted by atomic mass is 10.1. The molecule has 5 nitrogen and oxygen atoms in total. The van der Waals surface area contributed by atoms with Crippen LogP contribution in [0, 0.1) is 0 Å². The highest BCUT2D eigenvalue weighted by atomic mass is 32.1. The summed E-state index contributed by atoms with van der Waals surface area (Å²) in [5.41, 5.74) is 5.04. The summed E-state index contributed by atoms with van der Waals surface area (Å²) >= 11 is 1.71. The van der Waals surface area contributed by atoms with Crippen LogP contribution in [0.5, 0.6) is 0 Å². The van der Waals surface area contributed by atoms with Gasteiger partial charge in [-0.05, 0) is 30.4 Å². The van der Waals surface area contributed by atoms with E-state index in [1.165, 1.54) is 27.0 Å². The van der Waals surface area contributed by atoms with Crippen molar-refractivity contribution in [3.8, 4) is 0 Å². The summed E-state index contributed by atoms with van der Waals surface area (Å²) in [6.07, 6.45) is 5.11. The summed E-state index contributed by atoms with van der Waals surface area (Å²) in [4.78, 5) is 12.3. The highest BCUT2D eigenvalue weighted by Gasteiger charge is 2.07. The number of aromatic nitrogens is 2. The predicted octanol–water partition coefficient (Wildman–Crippen LogP) is 3.66. The van der Waals surface area contributed by atoms with Gasteiger partial charge >= 0.3 is 0 Å². The van der Waals surface area contributed by atoms with Gasteiger partial charge in [0, 0.05) is 36.1 Å². The second-order valence-electron chi connectivity index (χ2n) is 6.20. The molecule has 0 saturated heterocycles. The van der Waals surface area contributed by atoms with E-state index in [4.69, 9.17) is 0 Å². The molecule has 6 heteroatoms. The number of hydrogen-bond donors (Lipinski definition) is 3. The molecule has 0 fully saturated rings. The van der Waals surface area contributed by atoms with Crippen molar-refractivity contribution in [1.29, 1.82) is 0 Å². The molecule has 0 saturated carbocycles. The molecule has 26 heavy (non-hydrogen) atoms. The Balaban J connectivity index is 1.53. The van der Waals surface area contributed by atoms with Crippen molar-refractivity contribution < 1.29 is 0 Å². The lowest BCUT2D eigenvalue weighted by Crippen LogP contribution is -2.37. The first-order chi connectivity index (χ1) is 12.7. The number of para-hydroxylation sites is 1. The van der Waals surface area contributed by atoms with Gasteiger partial charge in [0.2, 0.25) is 0 Å². The lowest BCUT2D eigenvalue weighted by molar-refractivity contribution is 0.785. The Morgan fingerprint density at radius 1 is 1.19 bits per heavy atom. The van der Waals surface area contributed by atoms with Crippen LogP contribution in [0.3, 0.4) is 0 Å². The Kier molecular flexibility index (Phi) is 6.28. The Bertz CT molecular complexity index is 877. The first kappa shape index (κ1) is 18.5. The number of aryl methyl sites for hydroxylation is 2. The van der Waals surface area contributed by atoms with Crippen molar-refractivity contribution in [2.45, 2.75) is 39.7 Å². The van der Waals surface area contributed by atoms with Gasteiger partial charge in [-0.15, -0.1) is 11.3 Å². The van der Waals surface area contributed by atoms with Crippen molar-refractivity contribution in [3.63, 3.8) is 0 Å². The normalized spacial score (nSPS) is 11.9. The SMILES string of the molecule is CCc1nc(CNC(=NC)NCCc2c[nH]c3c(CC)cccc23)cs1. The maximum absolute atomic E-state index is 4.58. The van der Waals surface area contributed by atoms with Gasteiger partial charge < -0.3 is 15.6 Å². The summed E-state index contributed by atoms with van der Waals surface area (Å²) < 4.78 is 0. The summed E-state index contributed by atoms with van der Waals surface area (Å²) in [6, 6.07) is 6.53. The van der Waals surface area contributed by atoms with E-state index in [0.717, 1.165) is 37.5 Å². The van der Waals surface area contributed by atoms with Crippen molar-refractivity contribution in [2.75, 3.05) is 13.6 Å². The number of H-pyrrole nitrogens is 1. The molecule has 0 bridgehead atoms. The van der Waals surface area contributed by atoms with Gasteiger partial charge in [-0.2, -0.15) is 0 Å². The van der Waals surface area contributed by atoms with Crippen LogP contribution >= 0.6 is 11.3 Å². The largest absolute Gasteiger partial charge is 0.361 e. The van der Waals surface area contributed by atoms with Gasteiger partial charge in [0.25, 0.3) is 0 Å². The fourth-order valence-electron chi connectivity index (χ4n) is 3.08. The minimum absolute atomic E-state index is 0.698. The zero-order chi connectivity index (χ0) is 18.4. The van der Waals surface area contributed by atoms with Gasteiger partial charge in [-0.3, -0.25) is 4.99 Å². The summed E-state index contributed by atoms with van der Waals surface area (Å²) in [7, 11) is 1.80. The van der Waals surface area contributed by atoms with E-state index in [1.54, 1.807) is 18.4 Å². The quantitative estimate of drug-likeness (QED) is 0.440. The van der Waals surface area contributed by atoms with Gasteiger partial charge in [-0.1, -0.05) is 32.0 Å². The molecule has 3 aromatic rings. The average Bonchev–Trinajstić information content (AvgIpc) is 3.31. The van der Waals surface area contributed by atoms with Crippen LogP contribution in [0.25, 0.3) is 10.9 Å². The molecule has 0 aliphatic rings. The Labute approximate surface area is 159 Å². The Morgan fingerprint density at radius 3 is 2.81 bits per heavy atom. The van der Waals surface area contributed by atoms with E-state index < -0.39 is 0 Å². The number of fused-ring (bicyclic) bond motifs is 1. The van der Waals surface area contributed by atoms with Gasteiger partial charge in [0.1, 0.15) is 0 Å². The van der Waals surface area contributed by atoms with Crippen LogP contribution in [0.4, 0.5) is 0 Å². The number of rotatable bonds is 7. The van der Waals surface area contributed by atoms with Crippen LogP contribution < -0.4 is 10.6 Å². The number of nitrogens with one attached hydrogen (secondary N) is 3. The molecule has 2 aromatic heterocycles. The van der Waals surface area contributed by atoms with Crippen LogP contribution in [-0.4, -0.2) is 29.5 Å². The number of thiazole rings is 1. The van der Waals surface area contributed by atoms with E-state index in [1.807, 2.05) is 0 Å². The molecule has 3 rings (SSSR count). The van der Waals surface area contributed by atoms with E-state index >= 15 is 0 Å². The van der Waals surface area contributed by atoms with Crippen LogP contribution in [-0.2, 0) is 25.8 Å². The van der Waals surface area contributed by atoms with Gasteiger partial charge in [0.15, 0.2) is 5.96 Å². The lowest BCUT2D eigenvalue weighted by Gasteiger charge is -2.10. The van der Waals surface area contributed by atoms with Crippen molar-refractivity contribution in [1.82, 2.24) is 20.6 Å². The molecule has 0 aliphatic heterocycles. The second kappa shape index (κ2) is 8.85. The first-order valence-corrected chi connectivity index (χ1v) is 10.1. The zero-order valence-electron chi connectivity index (χ0n) is 15.7. The zero-order valence-corrected chi connectivity index (χ0v) is 16.5. The molecule has 1 aromatic carbocycles. The smallest absolute Gasteiger partial charge is 0.191 e. The van der Waals surface area contributed by atoms with E-state index in [0.29, 0.717) is 6.54 Å². The molecule has 138 valence electrons. The van der Waals surface area contributed by atoms with Crippen LogP contribution in [0.2, 0.25) is 0 Å². The maximum Gasteiger partial charge on any atom is 0.191 e. The molecular formula is C20H27N5S. The number of benzene rings is 1. The third kappa shape index (κ3) is 4.25. The number of guanidine groups is 1. The number of hydrogen-bond acceptors (Lipinski definition) is 3. The topological polar surface area (TPSA) is 65.1 Å². The molecule has 0 spiro atoms.